The van der Waals surface area contributed by atoms with Crippen molar-refractivity contribution in [3.05, 3.63) is 0 Å². The second kappa shape index (κ2) is 9.11. The minimum Gasteiger partial charge on any atom is -0.480 e. The minimum absolute atomic E-state index is 0.401. The number of likely N-dealkylation sites (N-methyl/N-ethyl adjacent to an activating group) is 1. The van der Waals surface area contributed by atoms with Gasteiger partial charge in [0.15, 0.2) is 0 Å². The largest absolute Gasteiger partial charge is 0.480 e. The Kier molecular flexibility index (Phi) is 8.46. The van der Waals surface area contributed by atoms with Crippen LogP contribution in [0.5, 0.6) is 0 Å². The highest BCUT2D eigenvalue weighted by Crippen LogP contribution is 2.00. The smallest absolute Gasteiger partial charge is 0.320 e. The van der Waals surface area contributed by atoms with E-state index in [0.717, 1.165) is 6.42 Å². The number of carboxylic acid groups (broad SMARTS) is 1. The first-order valence-electron chi connectivity index (χ1n) is 5.45. The van der Waals surface area contributed by atoms with Crippen LogP contribution in [-0.2, 0) is 9.59 Å². The monoisotopic (exact) mass is 232 g/mol. The number of carbonyl (C=O) groups is 2. The lowest BCUT2D eigenvalue weighted by molar-refractivity contribution is -0.139. The van der Waals surface area contributed by atoms with Crippen molar-refractivity contribution in [3.8, 4) is 0 Å². The summed E-state index contributed by atoms with van der Waals surface area (Å²) in [5.41, 5.74) is 0. The van der Waals surface area contributed by atoms with Crippen molar-refractivity contribution in [3.63, 3.8) is 0 Å². The number of aliphatic hydroxyl groups is 1. The molecule has 0 heterocycles. The molecule has 0 rings (SSSR count). The van der Waals surface area contributed by atoms with Crippen LogP contribution in [0.25, 0.3) is 0 Å². The second-order valence-electron chi connectivity index (χ2n) is 3.45. The van der Waals surface area contributed by atoms with E-state index in [4.69, 9.17) is 10.2 Å². The molecule has 0 radical (unpaired) electrons. The van der Waals surface area contributed by atoms with E-state index in [1.54, 1.807) is 0 Å². The van der Waals surface area contributed by atoms with Gasteiger partial charge in [-0.15, -0.1) is 0 Å². The van der Waals surface area contributed by atoms with E-state index in [1.165, 1.54) is 0 Å². The van der Waals surface area contributed by atoms with E-state index in [2.05, 4.69) is 10.6 Å². The molecule has 94 valence electrons. The molecule has 0 spiro atoms. The lowest BCUT2D eigenvalue weighted by atomic mass is 10.1. The van der Waals surface area contributed by atoms with Crippen molar-refractivity contribution >= 4 is 11.9 Å². The molecule has 0 unspecified atom stereocenters. The van der Waals surface area contributed by atoms with Crippen molar-refractivity contribution in [1.82, 2.24) is 10.6 Å². The van der Waals surface area contributed by atoms with Crippen LogP contribution in [0, 0.1) is 0 Å². The third-order valence-electron chi connectivity index (χ3n) is 2.13. The highest BCUT2D eigenvalue weighted by atomic mass is 16.4. The van der Waals surface area contributed by atoms with Crippen molar-refractivity contribution in [1.29, 1.82) is 0 Å². The minimum atomic E-state index is -0.846. The van der Waals surface area contributed by atoms with Crippen LogP contribution in [0.4, 0.5) is 0 Å². The lowest BCUT2D eigenvalue weighted by Gasteiger charge is -2.12. The molecule has 0 aromatic rings. The first kappa shape index (κ1) is 14.9. The Balaban J connectivity index is 3.55. The molecule has 4 N–H and O–H groups in total. The quantitative estimate of drug-likeness (QED) is 0.395. The van der Waals surface area contributed by atoms with E-state index in [0.29, 0.717) is 25.9 Å². The SMILES string of the molecule is CCN[C@@H](CCCCNC(=O)CO)C(=O)O. The molecule has 0 aliphatic heterocycles. The first-order chi connectivity index (χ1) is 7.61. The lowest BCUT2D eigenvalue weighted by Crippen LogP contribution is -2.36. The van der Waals surface area contributed by atoms with Gasteiger partial charge < -0.3 is 20.8 Å². The van der Waals surface area contributed by atoms with Gasteiger partial charge in [0.1, 0.15) is 12.6 Å². The molecule has 1 atom stereocenters. The standard InChI is InChI=1S/C10H20N2O4/c1-2-11-8(10(15)16)5-3-4-6-12-9(14)7-13/h8,11,13H,2-7H2,1H3,(H,12,14)(H,15,16)/t8-/m0/s1. The molecule has 0 aromatic heterocycles. The molecular formula is C10H20N2O4. The molecule has 0 saturated heterocycles. The van der Waals surface area contributed by atoms with Crippen molar-refractivity contribution < 1.29 is 19.8 Å². The maximum atomic E-state index is 10.7. The zero-order chi connectivity index (χ0) is 12.4. The molecule has 0 aromatic carbocycles. The number of amides is 1. The van der Waals surface area contributed by atoms with Gasteiger partial charge in [0.05, 0.1) is 0 Å². The predicted molar refractivity (Wildman–Crippen MR) is 59.0 cm³/mol. The average Bonchev–Trinajstić information content (AvgIpc) is 2.26. The summed E-state index contributed by atoms with van der Waals surface area (Å²) in [6, 6.07) is -0.515. The van der Waals surface area contributed by atoms with Gasteiger partial charge >= 0.3 is 5.97 Å². The van der Waals surface area contributed by atoms with Crippen LogP contribution in [0.1, 0.15) is 26.2 Å². The molecule has 0 saturated carbocycles. The third-order valence-corrected chi connectivity index (χ3v) is 2.13. The Morgan fingerprint density at radius 2 is 2.00 bits per heavy atom. The van der Waals surface area contributed by atoms with Crippen LogP contribution in [0.3, 0.4) is 0 Å². The number of unbranched alkanes of at least 4 members (excludes halogenated alkanes) is 1. The number of carbonyl (C=O) groups excluding carboxylic acids is 1. The van der Waals surface area contributed by atoms with E-state index in [-0.39, 0.29) is 0 Å². The highest BCUT2D eigenvalue weighted by molar-refractivity contribution is 5.76. The Morgan fingerprint density at radius 3 is 2.50 bits per heavy atom. The maximum Gasteiger partial charge on any atom is 0.320 e. The van der Waals surface area contributed by atoms with Gasteiger partial charge in [-0.05, 0) is 25.8 Å². The number of hydrogen-bond donors (Lipinski definition) is 4. The highest BCUT2D eigenvalue weighted by Gasteiger charge is 2.14. The number of aliphatic carboxylic acids is 1. The van der Waals surface area contributed by atoms with Crippen molar-refractivity contribution in [2.75, 3.05) is 19.7 Å². The summed E-state index contributed by atoms with van der Waals surface area (Å²) in [5, 5.41) is 22.6. The molecule has 6 nitrogen and oxygen atoms in total. The topological polar surface area (TPSA) is 98.7 Å². The molecule has 0 bridgehead atoms. The molecule has 0 fully saturated rings. The van der Waals surface area contributed by atoms with E-state index < -0.39 is 24.5 Å². The number of carboxylic acids is 1. The summed E-state index contributed by atoms with van der Waals surface area (Å²) in [7, 11) is 0. The molecular weight excluding hydrogens is 212 g/mol. The van der Waals surface area contributed by atoms with Crippen LogP contribution < -0.4 is 10.6 Å². The number of nitrogens with one attached hydrogen (secondary N) is 2. The van der Waals surface area contributed by atoms with E-state index in [9.17, 15) is 9.59 Å². The van der Waals surface area contributed by atoms with Crippen LogP contribution >= 0.6 is 0 Å². The normalized spacial score (nSPS) is 12.1. The summed E-state index contributed by atoms with van der Waals surface area (Å²) >= 11 is 0. The Bertz CT molecular complexity index is 221. The predicted octanol–water partition coefficient (Wildman–Crippen LogP) is -0.672. The fraction of sp³-hybridized carbons (Fsp3) is 0.800. The first-order valence-corrected chi connectivity index (χ1v) is 5.45. The molecule has 6 heteroatoms. The molecule has 0 aliphatic carbocycles. The molecule has 0 aliphatic rings. The Hall–Kier alpha value is -1.14. The van der Waals surface area contributed by atoms with Gasteiger partial charge in [-0.1, -0.05) is 6.92 Å². The Labute approximate surface area is 95.0 Å². The maximum absolute atomic E-state index is 10.7. The summed E-state index contributed by atoms with van der Waals surface area (Å²) < 4.78 is 0. The van der Waals surface area contributed by atoms with E-state index in [1.807, 2.05) is 6.92 Å². The average molecular weight is 232 g/mol. The van der Waals surface area contributed by atoms with Gasteiger partial charge in [0, 0.05) is 6.54 Å². The fourth-order valence-corrected chi connectivity index (χ4v) is 1.32. The zero-order valence-corrected chi connectivity index (χ0v) is 9.53. The summed E-state index contributed by atoms with van der Waals surface area (Å²) in [5.74, 6) is -1.25. The van der Waals surface area contributed by atoms with Crippen molar-refractivity contribution in [2.45, 2.75) is 32.2 Å². The third kappa shape index (κ3) is 7.19. The summed E-state index contributed by atoms with van der Waals surface area (Å²) in [6.07, 6.45) is 1.97. The summed E-state index contributed by atoms with van der Waals surface area (Å²) in [4.78, 5) is 21.4. The number of aliphatic hydroxyl groups excluding tert-OH is 1. The summed E-state index contributed by atoms with van der Waals surface area (Å²) in [6.45, 7) is 2.45. The van der Waals surface area contributed by atoms with Crippen LogP contribution in [0.2, 0.25) is 0 Å². The molecule has 1 amide bonds. The van der Waals surface area contributed by atoms with Crippen LogP contribution in [-0.4, -0.2) is 47.8 Å². The van der Waals surface area contributed by atoms with Crippen LogP contribution in [0.15, 0.2) is 0 Å². The van der Waals surface area contributed by atoms with Gasteiger partial charge in [-0.2, -0.15) is 0 Å². The van der Waals surface area contributed by atoms with Gasteiger partial charge in [0.2, 0.25) is 5.91 Å². The second-order valence-corrected chi connectivity index (χ2v) is 3.45. The fourth-order valence-electron chi connectivity index (χ4n) is 1.32. The zero-order valence-electron chi connectivity index (χ0n) is 9.53. The van der Waals surface area contributed by atoms with E-state index >= 15 is 0 Å². The number of rotatable bonds is 9. The van der Waals surface area contributed by atoms with Gasteiger partial charge in [0.25, 0.3) is 0 Å². The molecule has 16 heavy (non-hydrogen) atoms. The van der Waals surface area contributed by atoms with Gasteiger partial charge in [-0.25, -0.2) is 0 Å². The van der Waals surface area contributed by atoms with Crippen molar-refractivity contribution in [2.24, 2.45) is 0 Å². The number of hydrogen-bond acceptors (Lipinski definition) is 4. The Morgan fingerprint density at radius 1 is 1.31 bits per heavy atom. The van der Waals surface area contributed by atoms with Gasteiger partial charge in [-0.3, -0.25) is 9.59 Å².